The fourth-order valence-corrected chi connectivity index (χ4v) is 1.09. The first-order chi connectivity index (χ1) is 6.79. The number of hydrogen-bond donors (Lipinski definition) is 2. The number of phenolic OH excluding ortho intramolecular Hbond substituents is 1. The van der Waals surface area contributed by atoms with Gasteiger partial charge in [0.2, 0.25) is 0 Å². The summed E-state index contributed by atoms with van der Waals surface area (Å²) >= 11 is 0. The van der Waals surface area contributed by atoms with Crippen molar-refractivity contribution in [1.82, 2.24) is 0 Å². The monoisotopic (exact) mass is 221 g/mol. The molecule has 0 bridgehead atoms. The first kappa shape index (κ1) is 11.6. The topological polar surface area (TPSA) is 55.5 Å². The van der Waals surface area contributed by atoms with E-state index in [4.69, 9.17) is 5.73 Å². The van der Waals surface area contributed by atoms with Gasteiger partial charge in [0.15, 0.2) is 0 Å². The smallest absolute Gasteiger partial charge is 0.508 e. The Morgan fingerprint density at radius 2 is 2.00 bits per heavy atom. The van der Waals surface area contributed by atoms with E-state index in [-0.39, 0.29) is 11.3 Å². The van der Waals surface area contributed by atoms with Crippen LogP contribution in [-0.4, -0.2) is 11.5 Å². The Kier molecular flexibility index (Phi) is 3.09. The highest BCUT2D eigenvalue weighted by atomic mass is 19.4. The molecule has 3 N–H and O–H groups in total. The van der Waals surface area contributed by atoms with Crippen LogP contribution >= 0.6 is 0 Å². The lowest BCUT2D eigenvalue weighted by Crippen LogP contribution is -2.17. The average molecular weight is 221 g/mol. The van der Waals surface area contributed by atoms with Crippen molar-refractivity contribution in [3.8, 4) is 11.5 Å². The zero-order chi connectivity index (χ0) is 11.6. The summed E-state index contributed by atoms with van der Waals surface area (Å²) in [4.78, 5) is 0. The van der Waals surface area contributed by atoms with E-state index < -0.39 is 18.2 Å². The molecule has 0 radical (unpaired) electrons. The van der Waals surface area contributed by atoms with E-state index in [9.17, 15) is 18.3 Å². The second-order valence-corrected chi connectivity index (χ2v) is 3.06. The van der Waals surface area contributed by atoms with Gasteiger partial charge in [-0.2, -0.15) is 0 Å². The van der Waals surface area contributed by atoms with Crippen LogP contribution in [0.1, 0.15) is 18.5 Å². The first-order valence-corrected chi connectivity index (χ1v) is 4.14. The van der Waals surface area contributed by atoms with Crippen LogP contribution in [0.25, 0.3) is 0 Å². The van der Waals surface area contributed by atoms with Crippen molar-refractivity contribution in [2.45, 2.75) is 19.3 Å². The molecular weight excluding hydrogens is 211 g/mol. The standard InChI is InChI=1S/C9H10F3NO2/c1-5(13)7-4-6(2-3-8(7)14)15-9(10,11)12/h2-5,14H,13H2,1H3/t5-/m1/s1. The summed E-state index contributed by atoms with van der Waals surface area (Å²) in [5, 5.41) is 9.29. The molecule has 0 saturated heterocycles. The van der Waals surface area contributed by atoms with Crippen LogP contribution in [0.4, 0.5) is 13.2 Å². The minimum atomic E-state index is -4.74. The van der Waals surface area contributed by atoms with Gasteiger partial charge in [0.05, 0.1) is 0 Å². The molecule has 6 heteroatoms. The third-order valence-corrected chi connectivity index (χ3v) is 1.72. The number of rotatable bonds is 2. The zero-order valence-electron chi connectivity index (χ0n) is 7.88. The summed E-state index contributed by atoms with van der Waals surface area (Å²) in [6, 6.07) is 2.63. The highest BCUT2D eigenvalue weighted by Crippen LogP contribution is 2.30. The summed E-state index contributed by atoms with van der Waals surface area (Å²) in [5.41, 5.74) is 5.66. The van der Waals surface area contributed by atoms with Gasteiger partial charge in [-0.25, -0.2) is 0 Å². The van der Waals surface area contributed by atoms with Crippen molar-refractivity contribution in [3.05, 3.63) is 23.8 Å². The number of aromatic hydroxyl groups is 1. The number of halogens is 3. The molecule has 0 aliphatic rings. The number of phenols is 1. The lowest BCUT2D eigenvalue weighted by molar-refractivity contribution is -0.274. The minimum Gasteiger partial charge on any atom is -0.508 e. The molecule has 84 valence electrons. The van der Waals surface area contributed by atoms with E-state index in [2.05, 4.69) is 4.74 Å². The van der Waals surface area contributed by atoms with E-state index >= 15 is 0 Å². The van der Waals surface area contributed by atoms with E-state index in [1.807, 2.05) is 0 Å². The molecule has 0 saturated carbocycles. The maximum Gasteiger partial charge on any atom is 0.573 e. The maximum atomic E-state index is 11.9. The maximum absolute atomic E-state index is 11.9. The van der Waals surface area contributed by atoms with Crippen molar-refractivity contribution in [3.63, 3.8) is 0 Å². The molecule has 0 spiro atoms. The Bertz CT molecular complexity index is 350. The second-order valence-electron chi connectivity index (χ2n) is 3.06. The molecule has 15 heavy (non-hydrogen) atoms. The molecule has 1 aromatic carbocycles. The molecule has 0 heterocycles. The fourth-order valence-electron chi connectivity index (χ4n) is 1.09. The van der Waals surface area contributed by atoms with Crippen LogP contribution in [0.15, 0.2) is 18.2 Å². The van der Waals surface area contributed by atoms with Gasteiger partial charge in [-0.1, -0.05) is 0 Å². The quantitative estimate of drug-likeness (QED) is 0.805. The van der Waals surface area contributed by atoms with E-state index in [1.165, 1.54) is 0 Å². The normalized spacial score (nSPS) is 13.7. The SMILES string of the molecule is C[C@@H](N)c1cc(OC(F)(F)F)ccc1O. The molecule has 0 fully saturated rings. The van der Waals surface area contributed by atoms with Gasteiger partial charge in [-0.15, -0.1) is 13.2 Å². The Balaban J connectivity index is 2.98. The van der Waals surface area contributed by atoms with Crippen LogP contribution in [0.3, 0.4) is 0 Å². The minimum absolute atomic E-state index is 0.153. The predicted octanol–water partition coefficient (Wildman–Crippen LogP) is 2.31. The molecule has 1 atom stereocenters. The molecule has 0 aromatic heterocycles. The highest BCUT2D eigenvalue weighted by Gasteiger charge is 2.31. The number of benzene rings is 1. The predicted molar refractivity (Wildman–Crippen MR) is 47.4 cm³/mol. The van der Waals surface area contributed by atoms with Gasteiger partial charge in [-0.05, 0) is 25.1 Å². The van der Waals surface area contributed by atoms with Crippen LogP contribution in [-0.2, 0) is 0 Å². The average Bonchev–Trinajstić information content (AvgIpc) is 2.05. The molecule has 0 aliphatic heterocycles. The van der Waals surface area contributed by atoms with E-state index in [1.54, 1.807) is 6.92 Å². The molecular formula is C9H10F3NO2. The number of hydrogen-bond acceptors (Lipinski definition) is 3. The lowest BCUT2D eigenvalue weighted by atomic mass is 10.1. The van der Waals surface area contributed by atoms with Crippen molar-refractivity contribution in [2.24, 2.45) is 5.73 Å². The van der Waals surface area contributed by atoms with Gasteiger partial charge in [0.25, 0.3) is 0 Å². The van der Waals surface area contributed by atoms with Crippen LogP contribution in [0.5, 0.6) is 11.5 Å². The molecule has 1 aromatic rings. The zero-order valence-corrected chi connectivity index (χ0v) is 7.88. The fraction of sp³-hybridized carbons (Fsp3) is 0.333. The van der Waals surface area contributed by atoms with Crippen molar-refractivity contribution < 1.29 is 23.0 Å². The first-order valence-electron chi connectivity index (χ1n) is 4.14. The molecule has 0 aliphatic carbocycles. The third kappa shape index (κ3) is 3.32. The van der Waals surface area contributed by atoms with Gasteiger partial charge >= 0.3 is 6.36 Å². The highest BCUT2D eigenvalue weighted by molar-refractivity contribution is 5.40. The Labute approximate surface area is 84.3 Å². The van der Waals surface area contributed by atoms with Gasteiger partial charge in [-0.3, -0.25) is 0 Å². The summed E-state index contributed by atoms with van der Waals surface area (Å²) in [5.74, 6) is -0.549. The number of alkyl halides is 3. The van der Waals surface area contributed by atoms with E-state index in [0.717, 1.165) is 18.2 Å². The summed E-state index contributed by atoms with van der Waals surface area (Å²) in [6.45, 7) is 1.55. The Morgan fingerprint density at radius 1 is 1.40 bits per heavy atom. The van der Waals surface area contributed by atoms with Crippen molar-refractivity contribution >= 4 is 0 Å². The Hall–Kier alpha value is -1.43. The summed E-state index contributed by atoms with van der Waals surface area (Å²) in [6.07, 6.45) is -4.74. The van der Waals surface area contributed by atoms with Gasteiger partial charge < -0.3 is 15.6 Å². The largest absolute Gasteiger partial charge is 0.573 e. The molecule has 3 nitrogen and oxygen atoms in total. The summed E-state index contributed by atoms with van der Waals surface area (Å²) in [7, 11) is 0. The van der Waals surface area contributed by atoms with Crippen LogP contribution < -0.4 is 10.5 Å². The number of nitrogens with two attached hydrogens (primary N) is 1. The molecule has 0 unspecified atom stereocenters. The van der Waals surface area contributed by atoms with Gasteiger partial charge in [0.1, 0.15) is 11.5 Å². The van der Waals surface area contributed by atoms with Crippen LogP contribution in [0.2, 0.25) is 0 Å². The summed E-state index contributed by atoms with van der Waals surface area (Å²) < 4.78 is 39.3. The Morgan fingerprint density at radius 3 is 2.47 bits per heavy atom. The second kappa shape index (κ2) is 3.98. The van der Waals surface area contributed by atoms with Crippen molar-refractivity contribution in [2.75, 3.05) is 0 Å². The lowest BCUT2D eigenvalue weighted by Gasteiger charge is -2.12. The van der Waals surface area contributed by atoms with Crippen LogP contribution in [0, 0.1) is 0 Å². The number of ether oxygens (including phenoxy) is 1. The molecule has 1 rings (SSSR count). The van der Waals surface area contributed by atoms with E-state index in [0.29, 0.717) is 0 Å². The van der Waals surface area contributed by atoms with Gasteiger partial charge in [0, 0.05) is 11.6 Å². The molecule has 0 amide bonds. The third-order valence-electron chi connectivity index (χ3n) is 1.72. The van der Waals surface area contributed by atoms with Crippen molar-refractivity contribution in [1.29, 1.82) is 0 Å².